The van der Waals surface area contributed by atoms with Crippen molar-refractivity contribution < 1.29 is 24.2 Å². The summed E-state index contributed by atoms with van der Waals surface area (Å²) in [6, 6.07) is 18.9. The van der Waals surface area contributed by atoms with Gasteiger partial charge in [-0.25, -0.2) is 4.79 Å². The van der Waals surface area contributed by atoms with Crippen molar-refractivity contribution in [2.45, 2.75) is 64.8 Å². The quantitative estimate of drug-likeness (QED) is 0.226. The minimum atomic E-state index is -0.476. The fraction of sp³-hybridized carbons (Fsp3) is 0.444. The van der Waals surface area contributed by atoms with Gasteiger partial charge in [0.2, 0.25) is 0 Å². The van der Waals surface area contributed by atoms with Crippen LogP contribution >= 0.6 is 23.2 Å². The molecule has 11 heteroatoms. The summed E-state index contributed by atoms with van der Waals surface area (Å²) in [5.41, 5.74) is 2.44. The monoisotopic (exact) mass is 684 g/mol. The molecule has 0 aliphatic carbocycles. The predicted octanol–water partition coefficient (Wildman–Crippen LogP) is 7.56. The van der Waals surface area contributed by atoms with Gasteiger partial charge in [-0.2, -0.15) is 0 Å². The third-order valence-electron chi connectivity index (χ3n) is 8.27. The summed E-state index contributed by atoms with van der Waals surface area (Å²) in [4.78, 5) is 31.0. The molecule has 254 valence electrons. The Morgan fingerprint density at radius 3 is 2.49 bits per heavy atom. The average Bonchev–Trinajstić information content (AvgIpc) is 3.04. The maximum atomic E-state index is 14.3. The number of hydrogen-bond acceptors (Lipinski definition) is 6. The summed E-state index contributed by atoms with van der Waals surface area (Å²) >= 11 is 12.4. The van der Waals surface area contributed by atoms with Gasteiger partial charge in [-0.05, 0) is 88.2 Å². The van der Waals surface area contributed by atoms with Gasteiger partial charge in [-0.15, -0.1) is 0 Å². The van der Waals surface area contributed by atoms with Crippen LogP contribution in [0.25, 0.3) is 0 Å². The lowest BCUT2D eigenvalue weighted by molar-refractivity contribution is -0.0177. The van der Waals surface area contributed by atoms with Gasteiger partial charge in [0.1, 0.15) is 5.75 Å². The SMILES string of the molecule is C[C@@H]1CCCCO[C@H](CN(C)Cc2ccc(Cl)c(Cl)c2)[C@@H](C)CN([C@H](C)CO)C(=O)c2cc(NC(=O)Nc3ccccc3)ccc2O1. The van der Waals surface area contributed by atoms with Crippen LogP contribution in [0.1, 0.15) is 56.0 Å². The van der Waals surface area contributed by atoms with E-state index in [1.54, 1.807) is 41.3 Å². The Morgan fingerprint density at radius 2 is 1.77 bits per heavy atom. The first kappa shape index (κ1) is 36.5. The van der Waals surface area contributed by atoms with Gasteiger partial charge < -0.3 is 30.1 Å². The molecule has 0 bridgehead atoms. The number of halogens is 2. The molecule has 4 rings (SSSR count). The van der Waals surface area contributed by atoms with E-state index in [-0.39, 0.29) is 30.6 Å². The second-order valence-corrected chi connectivity index (χ2v) is 13.2. The summed E-state index contributed by atoms with van der Waals surface area (Å²) < 4.78 is 12.8. The van der Waals surface area contributed by atoms with Crippen molar-refractivity contribution in [2.75, 3.05) is 44.0 Å². The Labute approximate surface area is 288 Å². The largest absolute Gasteiger partial charge is 0.490 e. The van der Waals surface area contributed by atoms with Crippen molar-refractivity contribution in [3.05, 3.63) is 87.9 Å². The molecule has 0 fully saturated rings. The van der Waals surface area contributed by atoms with Gasteiger partial charge in [-0.1, -0.05) is 54.4 Å². The number of nitrogens with zero attached hydrogens (tertiary/aromatic N) is 2. The molecule has 4 atom stereocenters. The number of rotatable bonds is 8. The number of benzene rings is 3. The standard InChI is InChI=1S/C36H46Cl2N4O5/c1-24-20-42(25(2)23-43)35(44)30-19-29(40-36(45)39-28-11-6-5-7-12-28)14-16-33(30)47-26(3)10-8-9-17-46-34(24)22-41(4)21-27-13-15-31(37)32(38)18-27/h5-7,11-16,18-19,24-26,34,43H,8-10,17,20-23H2,1-4H3,(H2,39,40,45)/t24-,25+,26+,34+/m0/s1. The van der Waals surface area contributed by atoms with Crippen molar-refractivity contribution in [1.82, 2.24) is 9.80 Å². The molecule has 9 nitrogen and oxygen atoms in total. The minimum Gasteiger partial charge on any atom is -0.490 e. The molecule has 47 heavy (non-hydrogen) atoms. The van der Waals surface area contributed by atoms with E-state index in [1.807, 2.05) is 51.2 Å². The first-order valence-corrected chi connectivity index (χ1v) is 16.9. The molecule has 3 aromatic carbocycles. The molecule has 0 radical (unpaired) electrons. The van der Waals surface area contributed by atoms with Crippen LogP contribution in [0, 0.1) is 5.92 Å². The predicted molar refractivity (Wildman–Crippen MR) is 189 cm³/mol. The molecule has 1 aliphatic rings. The van der Waals surface area contributed by atoms with Crippen molar-refractivity contribution in [3.8, 4) is 5.75 Å². The van der Waals surface area contributed by atoms with Crippen LogP contribution in [0.2, 0.25) is 10.0 Å². The number of likely N-dealkylation sites (N-methyl/N-ethyl adjacent to an activating group) is 1. The normalized spacial score (nSPS) is 20.1. The van der Waals surface area contributed by atoms with Crippen LogP contribution in [-0.2, 0) is 11.3 Å². The summed E-state index contributed by atoms with van der Waals surface area (Å²) in [7, 11) is 2.03. The molecule has 0 spiro atoms. The van der Waals surface area contributed by atoms with Crippen LogP contribution in [0.4, 0.5) is 16.2 Å². The lowest BCUT2D eigenvalue weighted by Crippen LogP contribution is -2.47. The molecule has 1 heterocycles. The number of anilines is 2. The van der Waals surface area contributed by atoms with Crippen molar-refractivity contribution in [2.24, 2.45) is 5.92 Å². The third-order valence-corrected chi connectivity index (χ3v) is 9.01. The van der Waals surface area contributed by atoms with Crippen LogP contribution in [0.5, 0.6) is 5.75 Å². The molecule has 3 N–H and O–H groups in total. The summed E-state index contributed by atoms with van der Waals surface area (Å²) in [6.07, 6.45) is 2.22. The second-order valence-electron chi connectivity index (χ2n) is 12.4. The highest BCUT2D eigenvalue weighted by atomic mass is 35.5. The number of aliphatic hydroxyl groups is 1. The number of carbonyl (C=O) groups excluding carboxylic acids is 2. The van der Waals surface area contributed by atoms with E-state index in [1.165, 1.54) is 0 Å². The Morgan fingerprint density at radius 1 is 1.02 bits per heavy atom. The molecule has 3 amide bonds. The molecule has 0 saturated heterocycles. The average molecular weight is 686 g/mol. The van der Waals surface area contributed by atoms with Gasteiger partial charge in [0.25, 0.3) is 5.91 Å². The fourth-order valence-corrected chi connectivity index (χ4v) is 5.92. The zero-order valence-corrected chi connectivity index (χ0v) is 29.1. The van der Waals surface area contributed by atoms with Crippen molar-refractivity contribution >= 4 is 46.5 Å². The number of nitrogens with one attached hydrogen (secondary N) is 2. The van der Waals surface area contributed by atoms with E-state index in [4.69, 9.17) is 32.7 Å². The van der Waals surface area contributed by atoms with E-state index in [0.29, 0.717) is 59.0 Å². The molecule has 3 aromatic rings. The van der Waals surface area contributed by atoms with Gasteiger partial charge in [0.05, 0.1) is 40.5 Å². The van der Waals surface area contributed by atoms with Gasteiger partial charge in [0.15, 0.2) is 0 Å². The van der Waals surface area contributed by atoms with Crippen molar-refractivity contribution in [3.63, 3.8) is 0 Å². The fourth-order valence-electron chi connectivity index (χ4n) is 5.60. The van der Waals surface area contributed by atoms with Gasteiger partial charge >= 0.3 is 6.03 Å². The van der Waals surface area contributed by atoms with Crippen LogP contribution < -0.4 is 15.4 Å². The number of para-hydroxylation sites is 1. The number of urea groups is 1. The van der Waals surface area contributed by atoms with Crippen LogP contribution in [0.3, 0.4) is 0 Å². The van der Waals surface area contributed by atoms with Gasteiger partial charge in [-0.3, -0.25) is 9.69 Å². The maximum absolute atomic E-state index is 14.3. The zero-order chi connectivity index (χ0) is 33.9. The van der Waals surface area contributed by atoms with E-state index in [2.05, 4.69) is 22.5 Å². The van der Waals surface area contributed by atoms with E-state index in [0.717, 1.165) is 24.8 Å². The molecule has 0 saturated carbocycles. The van der Waals surface area contributed by atoms with E-state index < -0.39 is 12.1 Å². The highest BCUT2D eigenvalue weighted by molar-refractivity contribution is 6.42. The number of fused-ring (bicyclic) bond motifs is 1. The summed E-state index contributed by atoms with van der Waals surface area (Å²) in [5, 5.41) is 16.9. The summed E-state index contributed by atoms with van der Waals surface area (Å²) in [5.74, 6) is 0.0617. The maximum Gasteiger partial charge on any atom is 0.323 e. The van der Waals surface area contributed by atoms with Crippen LogP contribution in [0.15, 0.2) is 66.7 Å². The molecule has 0 aromatic heterocycles. The van der Waals surface area contributed by atoms with E-state index in [9.17, 15) is 14.7 Å². The molecular weight excluding hydrogens is 639 g/mol. The number of hydrogen-bond donors (Lipinski definition) is 3. The van der Waals surface area contributed by atoms with Crippen LogP contribution in [-0.4, -0.2) is 78.4 Å². The first-order valence-electron chi connectivity index (χ1n) is 16.1. The lowest BCUT2D eigenvalue weighted by Gasteiger charge is -2.36. The molecular formula is C36H46Cl2N4O5. The highest BCUT2D eigenvalue weighted by Crippen LogP contribution is 2.29. The number of ether oxygens (including phenoxy) is 2. The second kappa shape index (κ2) is 17.7. The smallest absolute Gasteiger partial charge is 0.323 e. The number of aliphatic hydroxyl groups excluding tert-OH is 1. The zero-order valence-electron chi connectivity index (χ0n) is 27.5. The highest BCUT2D eigenvalue weighted by Gasteiger charge is 2.30. The lowest BCUT2D eigenvalue weighted by atomic mass is 10.0. The van der Waals surface area contributed by atoms with E-state index >= 15 is 0 Å². The Bertz CT molecular complexity index is 1480. The first-order chi connectivity index (χ1) is 22.5. The molecule has 1 aliphatic heterocycles. The Hall–Kier alpha value is -3.34. The topological polar surface area (TPSA) is 103 Å². The third kappa shape index (κ3) is 10.8. The minimum absolute atomic E-state index is 0.0756. The molecule has 0 unspecified atom stereocenters. The number of amides is 3. The van der Waals surface area contributed by atoms with Gasteiger partial charge in [0, 0.05) is 43.5 Å². The Kier molecular flexibility index (Phi) is 13.8. The van der Waals surface area contributed by atoms with Crippen molar-refractivity contribution in [1.29, 1.82) is 0 Å². The Balaban J connectivity index is 1.58. The summed E-state index contributed by atoms with van der Waals surface area (Å²) in [6.45, 7) is 7.85. The number of carbonyl (C=O) groups is 2.